The third-order valence-corrected chi connectivity index (χ3v) is 11.6. The van der Waals surface area contributed by atoms with E-state index in [1.165, 1.54) is 24.0 Å². The van der Waals surface area contributed by atoms with Crippen molar-refractivity contribution < 1.29 is 0 Å². The molecule has 0 atom stereocenters. The number of hydrogen-bond donors (Lipinski definition) is 0. The van der Waals surface area contributed by atoms with Crippen molar-refractivity contribution in [2.75, 3.05) is 0 Å². The molecule has 0 N–H and O–H groups in total. The van der Waals surface area contributed by atoms with E-state index < -0.39 is 14.7 Å². The van der Waals surface area contributed by atoms with Gasteiger partial charge in [-0.25, -0.2) is 0 Å². The Kier molecular flexibility index (Phi) is 6.35. The number of rotatable bonds is 5. The first kappa shape index (κ1) is 13.6. The summed E-state index contributed by atoms with van der Waals surface area (Å²) in [7, 11) is 0. The Morgan fingerprint density at radius 2 is 1.33 bits per heavy atom. The molecule has 1 saturated carbocycles. The maximum absolute atomic E-state index is 2.42. The maximum atomic E-state index is 2.42. The Balaban J connectivity index is 2.45. The van der Waals surface area contributed by atoms with Crippen LogP contribution in [-0.2, 0) is 0 Å². The molecule has 0 aliphatic heterocycles. The van der Waals surface area contributed by atoms with E-state index in [2.05, 4.69) is 27.7 Å². The molecule has 15 heavy (non-hydrogen) atoms. The van der Waals surface area contributed by atoms with Crippen molar-refractivity contribution in [2.45, 2.75) is 74.9 Å². The van der Waals surface area contributed by atoms with Gasteiger partial charge in [0, 0.05) is 0 Å². The SMILES string of the molecule is CC(C)C[As](CC(C)C)C1CCCCC1. The standard InChI is InChI=1S/C14H29As/c1-12(2)10-15(11-13(3)4)14-8-6-5-7-9-14/h12-14H,5-11H2,1-4H3. The summed E-state index contributed by atoms with van der Waals surface area (Å²) in [4.78, 5) is 0. The molecular formula is C14H29As. The van der Waals surface area contributed by atoms with Crippen molar-refractivity contribution in [3.05, 3.63) is 0 Å². The minimum atomic E-state index is -0.503. The van der Waals surface area contributed by atoms with Crippen LogP contribution in [0.1, 0.15) is 59.8 Å². The van der Waals surface area contributed by atoms with Crippen LogP contribution in [-0.4, -0.2) is 14.7 Å². The van der Waals surface area contributed by atoms with Gasteiger partial charge in [-0.05, 0) is 0 Å². The Morgan fingerprint density at radius 1 is 0.867 bits per heavy atom. The molecule has 1 aliphatic carbocycles. The third kappa shape index (κ3) is 5.43. The van der Waals surface area contributed by atoms with Gasteiger partial charge in [0.2, 0.25) is 0 Å². The molecule has 90 valence electrons. The summed E-state index contributed by atoms with van der Waals surface area (Å²) in [5, 5.41) is 3.21. The van der Waals surface area contributed by atoms with Crippen LogP contribution in [0.5, 0.6) is 0 Å². The van der Waals surface area contributed by atoms with E-state index in [0.29, 0.717) is 0 Å². The molecule has 1 fully saturated rings. The summed E-state index contributed by atoms with van der Waals surface area (Å²) in [5.74, 6) is 1.90. The van der Waals surface area contributed by atoms with Gasteiger partial charge in [-0.3, -0.25) is 0 Å². The first-order chi connectivity index (χ1) is 7.09. The molecule has 0 aromatic heterocycles. The quantitative estimate of drug-likeness (QED) is 0.609. The van der Waals surface area contributed by atoms with Crippen molar-refractivity contribution in [1.29, 1.82) is 0 Å². The van der Waals surface area contributed by atoms with Crippen molar-refractivity contribution in [2.24, 2.45) is 11.8 Å². The molecule has 0 aromatic carbocycles. The summed E-state index contributed by atoms with van der Waals surface area (Å²) in [6.45, 7) is 9.69. The summed E-state index contributed by atoms with van der Waals surface area (Å²) in [5.41, 5.74) is 0. The molecule has 0 unspecified atom stereocenters. The Morgan fingerprint density at radius 3 is 1.73 bits per heavy atom. The predicted octanol–water partition coefficient (Wildman–Crippen LogP) is 5.13. The zero-order valence-electron chi connectivity index (χ0n) is 11.1. The van der Waals surface area contributed by atoms with Crippen molar-refractivity contribution in [3.8, 4) is 0 Å². The van der Waals surface area contributed by atoms with E-state index >= 15 is 0 Å². The van der Waals surface area contributed by atoms with Gasteiger partial charge < -0.3 is 0 Å². The normalized spacial score (nSPS) is 19.4. The number of hydrogen-bond acceptors (Lipinski definition) is 0. The molecule has 0 nitrogen and oxygen atoms in total. The van der Waals surface area contributed by atoms with Crippen LogP contribution < -0.4 is 0 Å². The van der Waals surface area contributed by atoms with Gasteiger partial charge in [0.05, 0.1) is 0 Å². The molecule has 0 heterocycles. The van der Waals surface area contributed by atoms with Crippen LogP contribution in [0.2, 0.25) is 15.1 Å². The van der Waals surface area contributed by atoms with Crippen molar-refractivity contribution in [1.82, 2.24) is 0 Å². The van der Waals surface area contributed by atoms with Gasteiger partial charge >= 0.3 is 101 Å². The van der Waals surface area contributed by atoms with Crippen LogP contribution in [0.25, 0.3) is 0 Å². The topological polar surface area (TPSA) is 0 Å². The fraction of sp³-hybridized carbons (Fsp3) is 1.00. The second-order valence-electron chi connectivity index (χ2n) is 6.03. The third-order valence-electron chi connectivity index (χ3n) is 3.29. The molecule has 1 aliphatic rings. The summed E-state index contributed by atoms with van der Waals surface area (Å²) in [6.07, 6.45) is 7.75. The van der Waals surface area contributed by atoms with Gasteiger partial charge in [-0.15, -0.1) is 0 Å². The molecule has 1 rings (SSSR count). The average Bonchev–Trinajstić information content (AvgIpc) is 2.17. The van der Waals surface area contributed by atoms with Crippen molar-refractivity contribution in [3.63, 3.8) is 0 Å². The zero-order chi connectivity index (χ0) is 11.3. The van der Waals surface area contributed by atoms with Crippen molar-refractivity contribution >= 4 is 14.7 Å². The van der Waals surface area contributed by atoms with E-state index in [4.69, 9.17) is 0 Å². The van der Waals surface area contributed by atoms with Gasteiger partial charge in [-0.1, -0.05) is 0 Å². The Labute approximate surface area is 101 Å². The summed E-state index contributed by atoms with van der Waals surface area (Å²) < 4.78 is 1.20. The van der Waals surface area contributed by atoms with E-state index in [-0.39, 0.29) is 0 Å². The molecule has 1 heteroatoms. The van der Waals surface area contributed by atoms with Crippen LogP contribution in [0, 0.1) is 11.8 Å². The van der Waals surface area contributed by atoms with E-state index in [0.717, 1.165) is 11.8 Å². The van der Waals surface area contributed by atoms with E-state index in [9.17, 15) is 0 Å². The minimum absolute atomic E-state index is 0.503. The molecule has 0 spiro atoms. The van der Waals surface area contributed by atoms with Crippen LogP contribution in [0.15, 0.2) is 0 Å². The van der Waals surface area contributed by atoms with Crippen LogP contribution >= 0.6 is 0 Å². The fourth-order valence-corrected chi connectivity index (χ4v) is 10.6. The first-order valence-corrected chi connectivity index (χ1v) is 10.6. The predicted molar refractivity (Wildman–Crippen MR) is 71.9 cm³/mol. The van der Waals surface area contributed by atoms with Crippen LogP contribution in [0.3, 0.4) is 0 Å². The second-order valence-corrected chi connectivity index (χ2v) is 11.6. The van der Waals surface area contributed by atoms with Gasteiger partial charge in [0.15, 0.2) is 0 Å². The van der Waals surface area contributed by atoms with Gasteiger partial charge in [-0.2, -0.15) is 0 Å². The molecule has 0 bridgehead atoms. The first-order valence-electron chi connectivity index (χ1n) is 6.83. The van der Waals surface area contributed by atoms with Gasteiger partial charge in [0.25, 0.3) is 0 Å². The molecule has 0 amide bonds. The molecule has 0 radical (unpaired) electrons. The fourth-order valence-electron chi connectivity index (χ4n) is 2.76. The molecule has 0 aromatic rings. The monoisotopic (exact) mass is 272 g/mol. The van der Waals surface area contributed by atoms with Gasteiger partial charge in [0.1, 0.15) is 0 Å². The van der Waals surface area contributed by atoms with E-state index in [1.807, 2.05) is 0 Å². The summed E-state index contributed by atoms with van der Waals surface area (Å²) >= 11 is -0.503. The average molecular weight is 272 g/mol. The van der Waals surface area contributed by atoms with E-state index in [1.54, 1.807) is 23.3 Å². The Hall–Kier alpha value is 0.558. The second kappa shape index (κ2) is 7.00. The summed E-state index contributed by atoms with van der Waals surface area (Å²) in [6, 6.07) is 0. The van der Waals surface area contributed by atoms with Crippen LogP contribution in [0.4, 0.5) is 0 Å². The Bertz CT molecular complexity index is 147. The zero-order valence-corrected chi connectivity index (χ0v) is 13.0. The molecule has 0 saturated heterocycles. The molecular weight excluding hydrogens is 243 g/mol.